The van der Waals surface area contributed by atoms with Crippen LogP contribution in [0.1, 0.15) is 24.0 Å². The summed E-state index contributed by atoms with van der Waals surface area (Å²) in [6, 6.07) is 10.6. The molecule has 1 aliphatic carbocycles. The minimum absolute atomic E-state index is 0.297. The smallest absolute Gasteiger partial charge is 0.181 e. The third kappa shape index (κ3) is 5.23. The van der Waals surface area contributed by atoms with Crippen LogP contribution in [0.15, 0.2) is 65.6 Å². The van der Waals surface area contributed by atoms with Gasteiger partial charge in [-0.1, -0.05) is 36.4 Å². The van der Waals surface area contributed by atoms with E-state index in [1.165, 1.54) is 5.56 Å². The van der Waals surface area contributed by atoms with Crippen molar-refractivity contribution in [3.8, 4) is 11.1 Å². The van der Waals surface area contributed by atoms with E-state index in [4.69, 9.17) is 28.9 Å². The van der Waals surface area contributed by atoms with Crippen LogP contribution in [0.4, 0.5) is 5.82 Å². The zero-order chi connectivity index (χ0) is 25.2. The molecule has 2 aliphatic heterocycles. The van der Waals surface area contributed by atoms with Gasteiger partial charge in [-0.05, 0) is 55.1 Å². The van der Waals surface area contributed by atoms with Gasteiger partial charge in [0.05, 0.1) is 22.0 Å². The van der Waals surface area contributed by atoms with Crippen LogP contribution in [0.2, 0.25) is 0 Å². The summed E-state index contributed by atoms with van der Waals surface area (Å²) in [5.74, 6) is 1.43. The summed E-state index contributed by atoms with van der Waals surface area (Å²) >= 11 is 13.0. The molecule has 36 heavy (non-hydrogen) atoms. The number of aliphatic hydroxyl groups excluding tert-OH is 1. The second kappa shape index (κ2) is 10.8. The van der Waals surface area contributed by atoms with Crippen molar-refractivity contribution in [1.29, 1.82) is 0 Å². The fourth-order valence-corrected chi connectivity index (χ4v) is 5.23. The number of hydrazine groups is 2. The molecule has 0 radical (unpaired) electrons. The summed E-state index contributed by atoms with van der Waals surface area (Å²) in [7, 11) is 1.80. The maximum Gasteiger partial charge on any atom is 0.181 e. The Morgan fingerprint density at radius 3 is 2.61 bits per heavy atom. The highest BCUT2D eigenvalue weighted by molar-refractivity contribution is 6.32. The number of pyridine rings is 1. The van der Waals surface area contributed by atoms with Gasteiger partial charge < -0.3 is 10.8 Å². The second-order valence-corrected chi connectivity index (χ2v) is 10.4. The molecule has 0 amide bonds. The van der Waals surface area contributed by atoms with Gasteiger partial charge >= 0.3 is 0 Å². The molecule has 190 valence electrons. The average molecular weight is 528 g/mol. The summed E-state index contributed by atoms with van der Waals surface area (Å²) in [6.45, 7) is 3.27. The number of nitrogens with two attached hydrogens (primary N) is 1. The van der Waals surface area contributed by atoms with E-state index in [-0.39, 0.29) is 5.38 Å². The number of hydrazone groups is 1. The average Bonchev–Trinajstić information content (AvgIpc) is 3.28. The Morgan fingerprint density at radius 2 is 1.89 bits per heavy atom. The highest BCUT2D eigenvalue weighted by atomic mass is 35.5. The summed E-state index contributed by atoms with van der Waals surface area (Å²) in [5.41, 5.74) is 14.2. The molecule has 5 rings (SSSR count). The monoisotopic (exact) mass is 527 g/mol. The van der Waals surface area contributed by atoms with Crippen LogP contribution in [0, 0.1) is 5.92 Å². The van der Waals surface area contributed by atoms with Crippen LogP contribution in [-0.4, -0.2) is 68.5 Å². The summed E-state index contributed by atoms with van der Waals surface area (Å²) < 4.78 is 0. The lowest BCUT2D eigenvalue weighted by Gasteiger charge is -2.31. The van der Waals surface area contributed by atoms with E-state index < -0.39 is 5.38 Å². The van der Waals surface area contributed by atoms with Gasteiger partial charge in [-0.15, -0.1) is 33.8 Å². The van der Waals surface area contributed by atoms with Crippen molar-refractivity contribution in [2.45, 2.75) is 30.1 Å². The molecular formula is C26H31Cl2N7O. The van der Waals surface area contributed by atoms with Gasteiger partial charge in [0.25, 0.3) is 0 Å². The largest absolute Gasteiger partial charge is 0.396 e. The molecule has 4 N–H and O–H groups in total. The van der Waals surface area contributed by atoms with Crippen molar-refractivity contribution in [2.24, 2.45) is 11.0 Å². The lowest BCUT2D eigenvalue weighted by Crippen LogP contribution is -2.45. The first-order chi connectivity index (χ1) is 17.4. The van der Waals surface area contributed by atoms with Crippen LogP contribution in [0.5, 0.6) is 0 Å². The van der Waals surface area contributed by atoms with Gasteiger partial charge in [0.2, 0.25) is 0 Å². The zero-order valence-corrected chi connectivity index (χ0v) is 21.7. The molecule has 0 saturated carbocycles. The zero-order valence-electron chi connectivity index (χ0n) is 20.2. The van der Waals surface area contributed by atoms with Crippen LogP contribution in [0.25, 0.3) is 11.1 Å². The first-order valence-corrected chi connectivity index (χ1v) is 13.0. The molecule has 1 fully saturated rings. The topological polar surface area (TPSA) is 93.2 Å². The van der Waals surface area contributed by atoms with E-state index in [9.17, 15) is 5.11 Å². The number of aliphatic hydroxyl groups is 1. The van der Waals surface area contributed by atoms with Crippen molar-refractivity contribution < 1.29 is 5.11 Å². The molecule has 0 bridgehead atoms. The van der Waals surface area contributed by atoms with E-state index >= 15 is 0 Å². The Balaban J connectivity index is 1.36. The third-order valence-corrected chi connectivity index (χ3v) is 7.92. The molecule has 2 atom stereocenters. The number of amidine groups is 1. The van der Waals surface area contributed by atoms with Crippen molar-refractivity contribution in [3.05, 3.63) is 71.6 Å². The van der Waals surface area contributed by atoms with Gasteiger partial charge in [0.15, 0.2) is 5.84 Å². The highest BCUT2D eigenvalue weighted by Crippen LogP contribution is 2.31. The molecule has 3 aliphatic rings. The molecule has 1 saturated heterocycles. The number of hydrogen-bond donors (Lipinski definition) is 3. The van der Waals surface area contributed by atoms with Gasteiger partial charge in [-0.25, -0.2) is 15.1 Å². The van der Waals surface area contributed by atoms with E-state index in [2.05, 4.69) is 44.8 Å². The molecule has 1 aromatic carbocycles. The molecule has 0 spiro atoms. The number of anilines is 1. The Hall–Kier alpha value is -2.62. The number of hydrogen-bond acceptors (Lipinski definition) is 8. The molecule has 1 aromatic heterocycles. The molecule has 3 heterocycles. The number of allylic oxidation sites excluding steroid dienone is 4. The molecule has 8 nitrogen and oxygen atoms in total. The standard InChI is InChI=1S/C26H31Cl2N7O/c1-33-31-26(35(32-33)23-4-2-3-22(27)24(23)28)21-13-20(14-30-25(21)29)19-7-5-17(6-8-19)15-34-11-9-18(16-36)10-12-34/h2-8,13-14,18,22,24,32,36H,9-12,15-16H2,1H3,(H2,29,30). The normalized spacial score (nSPS) is 23.2. The van der Waals surface area contributed by atoms with E-state index in [1.807, 2.05) is 24.3 Å². The van der Waals surface area contributed by atoms with Gasteiger partial charge in [0, 0.05) is 32.0 Å². The van der Waals surface area contributed by atoms with Crippen LogP contribution in [0.3, 0.4) is 0 Å². The number of nitrogens with one attached hydrogen (secondary N) is 1. The quantitative estimate of drug-likeness (QED) is 0.494. The van der Waals surface area contributed by atoms with Crippen LogP contribution >= 0.6 is 23.2 Å². The Labute approximate surface area is 221 Å². The number of halogens is 2. The minimum Gasteiger partial charge on any atom is -0.396 e. The van der Waals surface area contributed by atoms with Crippen molar-refractivity contribution >= 4 is 34.9 Å². The van der Waals surface area contributed by atoms with Gasteiger partial charge in [0.1, 0.15) is 5.82 Å². The third-order valence-electron chi connectivity index (χ3n) is 6.90. The van der Waals surface area contributed by atoms with Crippen molar-refractivity contribution in [2.75, 3.05) is 32.5 Å². The summed E-state index contributed by atoms with van der Waals surface area (Å²) in [5, 5.41) is 16.6. The number of nitrogen functional groups attached to an aromatic ring is 1. The summed E-state index contributed by atoms with van der Waals surface area (Å²) in [6.07, 6.45) is 9.56. The fourth-order valence-electron chi connectivity index (χ4n) is 4.77. The molecule has 2 aromatic rings. The van der Waals surface area contributed by atoms with E-state index in [0.717, 1.165) is 49.3 Å². The van der Waals surface area contributed by atoms with E-state index in [0.29, 0.717) is 29.7 Å². The van der Waals surface area contributed by atoms with Crippen molar-refractivity contribution in [3.63, 3.8) is 0 Å². The predicted molar refractivity (Wildman–Crippen MR) is 145 cm³/mol. The van der Waals surface area contributed by atoms with Crippen LogP contribution in [-0.2, 0) is 6.54 Å². The van der Waals surface area contributed by atoms with Crippen molar-refractivity contribution in [1.82, 2.24) is 25.5 Å². The lowest BCUT2D eigenvalue weighted by atomic mass is 9.97. The molecular weight excluding hydrogens is 497 g/mol. The first-order valence-electron chi connectivity index (χ1n) is 12.2. The molecule has 10 heteroatoms. The number of nitrogens with zero attached hydrogens (tertiary/aromatic N) is 5. The Bertz CT molecular complexity index is 1180. The first kappa shape index (κ1) is 25.0. The fraction of sp³-hybridized carbons (Fsp3) is 0.385. The van der Waals surface area contributed by atoms with Gasteiger partial charge in [-0.3, -0.25) is 4.90 Å². The van der Waals surface area contributed by atoms with Crippen LogP contribution < -0.4 is 11.3 Å². The Morgan fingerprint density at radius 1 is 1.14 bits per heavy atom. The number of rotatable bonds is 6. The number of alkyl halides is 2. The highest BCUT2D eigenvalue weighted by Gasteiger charge is 2.33. The lowest BCUT2D eigenvalue weighted by molar-refractivity contribution is 0.127. The Kier molecular flexibility index (Phi) is 7.50. The second-order valence-electron chi connectivity index (χ2n) is 9.46. The van der Waals surface area contributed by atoms with Gasteiger partial charge in [-0.2, -0.15) is 0 Å². The maximum atomic E-state index is 9.36. The maximum absolute atomic E-state index is 9.36. The minimum atomic E-state index is -0.430. The predicted octanol–water partition coefficient (Wildman–Crippen LogP) is 3.53. The summed E-state index contributed by atoms with van der Waals surface area (Å²) in [4.78, 5) is 6.92. The number of piperidine rings is 1. The number of aromatic nitrogens is 1. The number of likely N-dealkylation sites (tertiary alicyclic amines) is 1. The number of benzene rings is 1. The van der Waals surface area contributed by atoms with E-state index in [1.54, 1.807) is 23.4 Å². The SMILES string of the molecule is CN1N=C(c2cc(-c3ccc(CN4CCC(CO)CC4)cc3)cnc2N)N(C2=CC=CC(Cl)C2Cl)N1. The molecule has 2 unspecified atom stereocenters.